The van der Waals surface area contributed by atoms with Crippen LogP contribution in [0.1, 0.15) is 12.8 Å². The molecule has 5 heteroatoms. The van der Waals surface area contributed by atoms with Gasteiger partial charge in [0, 0.05) is 18.2 Å². The molecule has 1 aliphatic heterocycles. The van der Waals surface area contributed by atoms with Gasteiger partial charge >= 0.3 is 0 Å². The van der Waals surface area contributed by atoms with Crippen molar-refractivity contribution in [1.82, 2.24) is 5.32 Å². The van der Waals surface area contributed by atoms with Gasteiger partial charge in [0.2, 0.25) is 5.91 Å². The molecule has 0 spiro atoms. The number of rotatable bonds is 4. The van der Waals surface area contributed by atoms with Gasteiger partial charge in [0.25, 0.3) is 0 Å². The maximum absolute atomic E-state index is 11.8. The van der Waals surface area contributed by atoms with Gasteiger partial charge in [0.1, 0.15) is 5.75 Å². The molecule has 1 unspecified atom stereocenters. The Balaban J connectivity index is 0.00000162. The number of halogens is 1. The molecule has 1 heterocycles. The molecule has 1 aliphatic rings. The van der Waals surface area contributed by atoms with Crippen molar-refractivity contribution in [2.24, 2.45) is 5.92 Å². The molecule has 0 bridgehead atoms. The standard InChI is InChI=1S/C13H18N2O2.ClH/c1-17-12-4-2-3-11(8-12)15-13(16)7-10-5-6-14-9-10;/h2-4,8,10,14H,5-7,9H2,1H3,(H,15,16);1H. The zero-order chi connectivity index (χ0) is 12.1. The Morgan fingerprint density at radius 3 is 3.06 bits per heavy atom. The smallest absolute Gasteiger partial charge is 0.224 e. The second-order valence-electron chi connectivity index (χ2n) is 4.34. The van der Waals surface area contributed by atoms with Crippen molar-refractivity contribution in [3.8, 4) is 5.75 Å². The van der Waals surface area contributed by atoms with Gasteiger partial charge < -0.3 is 15.4 Å². The lowest BCUT2D eigenvalue weighted by Gasteiger charge is -2.09. The minimum absolute atomic E-state index is 0. The van der Waals surface area contributed by atoms with Crippen LogP contribution in [0.25, 0.3) is 0 Å². The molecule has 1 aromatic carbocycles. The van der Waals surface area contributed by atoms with E-state index in [-0.39, 0.29) is 18.3 Å². The lowest BCUT2D eigenvalue weighted by molar-refractivity contribution is -0.116. The maximum Gasteiger partial charge on any atom is 0.224 e. The summed E-state index contributed by atoms with van der Waals surface area (Å²) in [5, 5.41) is 6.16. The van der Waals surface area contributed by atoms with E-state index >= 15 is 0 Å². The van der Waals surface area contributed by atoms with Crippen LogP contribution in [-0.4, -0.2) is 26.1 Å². The lowest BCUT2D eigenvalue weighted by atomic mass is 10.0. The topological polar surface area (TPSA) is 50.4 Å². The molecule has 0 saturated carbocycles. The summed E-state index contributed by atoms with van der Waals surface area (Å²) < 4.78 is 5.11. The molecule has 4 nitrogen and oxygen atoms in total. The number of benzene rings is 1. The molecule has 1 saturated heterocycles. The van der Waals surface area contributed by atoms with Gasteiger partial charge in [0.15, 0.2) is 0 Å². The van der Waals surface area contributed by atoms with E-state index in [0.717, 1.165) is 30.9 Å². The minimum atomic E-state index is 0. The Hall–Kier alpha value is -1.26. The number of hydrogen-bond acceptors (Lipinski definition) is 3. The molecule has 100 valence electrons. The van der Waals surface area contributed by atoms with Crippen LogP contribution in [0.3, 0.4) is 0 Å². The van der Waals surface area contributed by atoms with Gasteiger partial charge in [-0.05, 0) is 37.6 Å². The molecule has 1 amide bonds. The average Bonchev–Trinajstić information content (AvgIpc) is 2.82. The van der Waals surface area contributed by atoms with E-state index in [2.05, 4.69) is 10.6 Å². The number of amides is 1. The van der Waals surface area contributed by atoms with Crippen molar-refractivity contribution in [2.75, 3.05) is 25.5 Å². The third kappa shape index (κ3) is 4.20. The van der Waals surface area contributed by atoms with Crippen LogP contribution < -0.4 is 15.4 Å². The van der Waals surface area contributed by atoms with Crippen molar-refractivity contribution in [1.29, 1.82) is 0 Å². The molecule has 1 aromatic rings. The summed E-state index contributed by atoms with van der Waals surface area (Å²) >= 11 is 0. The van der Waals surface area contributed by atoms with Crippen molar-refractivity contribution >= 4 is 24.0 Å². The number of carbonyl (C=O) groups excluding carboxylic acids is 1. The SMILES string of the molecule is COc1cccc(NC(=O)CC2CCNC2)c1.Cl. The van der Waals surface area contributed by atoms with Crippen LogP contribution in [0, 0.1) is 5.92 Å². The molecular formula is C13H19ClN2O2. The first kappa shape index (κ1) is 14.8. The van der Waals surface area contributed by atoms with E-state index in [1.54, 1.807) is 7.11 Å². The van der Waals surface area contributed by atoms with Crippen LogP contribution in [-0.2, 0) is 4.79 Å². The van der Waals surface area contributed by atoms with Crippen molar-refractivity contribution in [3.63, 3.8) is 0 Å². The van der Waals surface area contributed by atoms with E-state index in [1.807, 2.05) is 24.3 Å². The third-order valence-corrected chi connectivity index (χ3v) is 2.99. The normalized spacial score (nSPS) is 17.9. The molecular weight excluding hydrogens is 252 g/mol. The van der Waals surface area contributed by atoms with Crippen molar-refractivity contribution in [2.45, 2.75) is 12.8 Å². The van der Waals surface area contributed by atoms with Crippen LogP contribution >= 0.6 is 12.4 Å². The predicted molar refractivity (Wildman–Crippen MR) is 74.5 cm³/mol. The number of carbonyl (C=O) groups is 1. The van der Waals surface area contributed by atoms with E-state index in [4.69, 9.17) is 4.74 Å². The molecule has 0 radical (unpaired) electrons. The Labute approximate surface area is 114 Å². The molecule has 0 aromatic heterocycles. The first-order chi connectivity index (χ1) is 8.28. The number of nitrogens with one attached hydrogen (secondary N) is 2. The molecule has 0 aliphatic carbocycles. The second kappa shape index (κ2) is 7.24. The summed E-state index contributed by atoms with van der Waals surface area (Å²) in [6, 6.07) is 7.42. The van der Waals surface area contributed by atoms with Gasteiger partial charge in [-0.15, -0.1) is 12.4 Å². The van der Waals surface area contributed by atoms with Crippen LogP contribution in [0.2, 0.25) is 0 Å². The van der Waals surface area contributed by atoms with Crippen LogP contribution in [0.15, 0.2) is 24.3 Å². The Kier molecular flexibility index (Phi) is 5.95. The first-order valence-corrected chi connectivity index (χ1v) is 5.92. The fourth-order valence-electron chi connectivity index (χ4n) is 2.06. The quantitative estimate of drug-likeness (QED) is 0.881. The number of anilines is 1. The first-order valence-electron chi connectivity index (χ1n) is 5.92. The summed E-state index contributed by atoms with van der Waals surface area (Å²) in [5.74, 6) is 1.30. The molecule has 1 atom stereocenters. The fraction of sp³-hybridized carbons (Fsp3) is 0.462. The summed E-state index contributed by atoms with van der Waals surface area (Å²) in [6.07, 6.45) is 1.68. The summed E-state index contributed by atoms with van der Waals surface area (Å²) in [4.78, 5) is 11.8. The maximum atomic E-state index is 11.8. The predicted octanol–water partition coefficient (Wildman–Crippen LogP) is 2.06. The average molecular weight is 271 g/mol. The highest BCUT2D eigenvalue weighted by Crippen LogP contribution is 2.18. The molecule has 1 fully saturated rings. The number of ether oxygens (including phenoxy) is 1. The van der Waals surface area contributed by atoms with Crippen molar-refractivity contribution in [3.05, 3.63) is 24.3 Å². The van der Waals surface area contributed by atoms with Gasteiger partial charge in [-0.25, -0.2) is 0 Å². The second-order valence-corrected chi connectivity index (χ2v) is 4.34. The fourth-order valence-corrected chi connectivity index (χ4v) is 2.06. The Morgan fingerprint density at radius 1 is 1.56 bits per heavy atom. The zero-order valence-electron chi connectivity index (χ0n) is 10.4. The van der Waals surface area contributed by atoms with Gasteiger partial charge in [-0.1, -0.05) is 6.07 Å². The van der Waals surface area contributed by atoms with E-state index in [1.165, 1.54) is 0 Å². The highest BCUT2D eigenvalue weighted by molar-refractivity contribution is 5.91. The highest BCUT2D eigenvalue weighted by atomic mass is 35.5. The highest BCUT2D eigenvalue weighted by Gasteiger charge is 2.17. The van der Waals surface area contributed by atoms with Crippen LogP contribution in [0.4, 0.5) is 5.69 Å². The Bertz CT molecular complexity index is 392. The monoisotopic (exact) mass is 270 g/mol. The number of hydrogen-bond donors (Lipinski definition) is 2. The van der Waals surface area contributed by atoms with Crippen molar-refractivity contribution < 1.29 is 9.53 Å². The summed E-state index contributed by atoms with van der Waals surface area (Å²) in [5.41, 5.74) is 0.792. The molecule has 18 heavy (non-hydrogen) atoms. The number of methoxy groups -OCH3 is 1. The van der Waals surface area contributed by atoms with E-state index < -0.39 is 0 Å². The van der Waals surface area contributed by atoms with Crippen LogP contribution in [0.5, 0.6) is 5.75 Å². The lowest BCUT2D eigenvalue weighted by Crippen LogP contribution is -2.18. The van der Waals surface area contributed by atoms with Gasteiger partial charge in [-0.3, -0.25) is 4.79 Å². The largest absolute Gasteiger partial charge is 0.497 e. The van der Waals surface area contributed by atoms with Gasteiger partial charge in [-0.2, -0.15) is 0 Å². The molecule has 2 rings (SSSR count). The summed E-state index contributed by atoms with van der Waals surface area (Å²) in [7, 11) is 1.62. The third-order valence-electron chi connectivity index (χ3n) is 2.99. The van der Waals surface area contributed by atoms with E-state index in [9.17, 15) is 4.79 Å². The minimum Gasteiger partial charge on any atom is -0.497 e. The van der Waals surface area contributed by atoms with E-state index in [0.29, 0.717) is 12.3 Å². The zero-order valence-corrected chi connectivity index (χ0v) is 11.3. The Morgan fingerprint density at radius 2 is 2.39 bits per heavy atom. The summed E-state index contributed by atoms with van der Waals surface area (Å²) in [6.45, 7) is 1.97. The van der Waals surface area contributed by atoms with Gasteiger partial charge in [0.05, 0.1) is 7.11 Å². The molecule has 2 N–H and O–H groups in total.